The molecule has 19 heavy (non-hydrogen) atoms. The molecule has 2 aliphatic carbocycles. The Morgan fingerprint density at radius 2 is 2.16 bits per heavy atom. The first kappa shape index (κ1) is 13.4. The molecule has 1 amide bonds. The second-order valence-corrected chi connectivity index (χ2v) is 7.04. The summed E-state index contributed by atoms with van der Waals surface area (Å²) in [6, 6.07) is 0. The van der Waals surface area contributed by atoms with E-state index >= 15 is 0 Å². The summed E-state index contributed by atoms with van der Waals surface area (Å²) < 4.78 is 0. The molecule has 3 rings (SSSR count). The van der Waals surface area contributed by atoms with Gasteiger partial charge in [-0.1, -0.05) is 6.42 Å². The Kier molecular flexibility index (Phi) is 4.11. The zero-order valence-electron chi connectivity index (χ0n) is 12.2. The fraction of sp³-hybridized carbons (Fsp3) is 0.938. The van der Waals surface area contributed by atoms with Crippen LogP contribution >= 0.6 is 0 Å². The second-order valence-electron chi connectivity index (χ2n) is 7.04. The van der Waals surface area contributed by atoms with Crippen LogP contribution in [0.25, 0.3) is 0 Å². The molecule has 0 aromatic carbocycles. The molecule has 2 bridgehead atoms. The number of hydrogen-bond acceptors (Lipinski definition) is 2. The highest BCUT2D eigenvalue weighted by atomic mass is 16.2. The van der Waals surface area contributed by atoms with Crippen molar-refractivity contribution in [2.24, 2.45) is 23.7 Å². The molecule has 1 aliphatic heterocycles. The van der Waals surface area contributed by atoms with Crippen LogP contribution in [0.4, 0.5) is 0 Å². The molecule has 3 heteroatoms. The van der Waals surface area contributed by atoms with Gasteiger partial charge in [-0.3, -0.25) is 4.79 Å². The summed E-state index contributed by atoms with van der Waals surface area (Å²) in [5.74, 6) is 3.67. The van der Waals surface area contributed by atoms with E-state index in [2.05, 4.69) is 10.2 Å². The molecule has 108 valence electrons. The quantitative estimate of drug-likeness (QED) is 0.845. The van der Waals surface area contributed by atoms with E-state index < -0.39 is 0 Å². The summed E-state index contributed by atoms with van der Waals surface area (Å²) in [4.78, 5) is 14.6. The van der Waals surface area contributed by atoms with Gasteiger partial charge in [0.15, 0.2) is 0 Å². The topological polar surface area (TPSA) is 32.3 Å². The Labute approximate surface area is 117 Å². The number of amides is 1. The Balaban J connectivity index is 1.49. The van der Waals surface area contributed by atoms with Gasteiger partial charge in [0.2, 0.25) is 5.91 Å². The number of carbonyl (C=O) groups is 1. The van der Waals surface area contributed by atoms with Crippen LogP contribution in [0.5, 0.6) is 0 Å². The number of rotatable bonds is 4. The lowest BCUT2D eigenvalue weighted by Gasteiger charge is -2.34. The highest BCUT2D eigenvalue weighted by Crippen LogP contribution is 2.49. The minimum Gasteiger partial charge on any atom is -0.342 e. The molecule has 4 atom stereocenters. The smallest absolute Gasteiger partial charge is 0.222 e. The largest absolute Gasteiger partial charge is 0.342 e. The first-order valence-electron chi connectivity index (χ1n) is 8.18. The summed E-state index contributed by atoms with van der Waals surface area (Å²) >= 11 is 0. The van der Waals surface area contributed by atoms with Crippen molar-refractivity contribution in [2.45, 2.75) is 44.9 Å². The molecule has 3 nitrogen and oxygen atoms in total. The normalized spacial score (nSPS) is 37.8. The van der Waals surface area contributed by atoms with Gasteiger partial charge in [-0.2, -0.15) is 0 Å². The fourth-order valence-corrected chi connectivity index (χ4v) is 4.73. The molecule has 0 spiro atoms. The van der Waals surface area contributed by atoms with Crippen LogP contribution in [0.15, 0.2) is 0 Å². The van der Waals surface area contributed by atoms with Gasteiger partial charge in [0, 0.05) is 19.5 Å². The van der Waals surface area contributed by atoms with Gasteiger partial charge in [-0.15, -0.1) is 0 Å². The Hall–Kier alpha value is -0.570. The standard InChI is InChI=1S/C16H28N2O/c1-17-10-13-3-2-6-18(11-13)16(19)9-15-8-12-4-5-14(15)7-12/h12-15,17H,2-11H2,1H3. The number of nitrogens with one attached hydrogen (secondary N) is 1. The van der Waals surface area contributed by atoms with Crippen molar-refractivity contribution in [2.75, 3.05) is 26.7 Å². The third-order valence-corrected chi connectivity index (χ3v) is 5.69. The third-order valence-electron chi connectivity index (χ3n) is 5.69. The van der Waals surface area contributed by atoms with E-state index in [1.807, 2.05) is 7.05 Å². The van der Waals surface area contributed by atoms with Gasteiger partial charge in [0.1, 0.15) is 0 Å². The van der Waals surface area contributed by atoms with Crippen molar-refractivity contribution in [1.29, 1.82) is 0 Å². The first-order valence-corrected chi connectivity index (χ1v) is 8.18. The minimum absolute atomic E-state index is 0.443. The Bertz CT molecular complexity index is 329. The summed E-state index contributed by atoms with van der Waals surface area (Å²) in [6.45, 7) is 3.04. The molecule has 0 aromatic heterocycles. The van der Waals surface area contributed by atoms with E-state index in [9.17, 15) is 4.79 Å². The minimum atomic E-state index is 0.443. The molecule has 3 aliphatic rings. The molecule has 2 saturated carbocycles. The molecule has 1 N–H and O–H groups in total. The molecule has 1 saturated heterocycles. The number of nitrogens with zero attached hydrogens (tertiary/aromatic N) is 1. The van der Waals surface area contributed by atoms with Gasteiger partial charge in [0.25, 0.3) is 0 Å². The van der Waals surface area contributed by atoms with E-state index in [0.29, 0.717) is 11.8 Å². The van der Waals surface area contributed by atoms with E-state index in [0.717, 1.165) is 43.8 Å². The lowest BCUT2D eigenvalue weighted by molar-refractivity contribution is -0.134. The molecule has 3 fully saturated rings. The molecule has 1 heterocycles. The SMILES string of the molecule is CNCC1CCCN(C(=O)CC2CC3CCC2C3)C1. The van der Waals surface area contributed by atoms with Crippen molar-refractivity contribution in [1.82, 2.24) is 10.2 Å². The van der Waals surface area contributed by atoms with Crippen LogP contribution in [0.1, 0.15) is 44.9 Å². The van der Waals surface area contributed by atoms with Gasteiger partial charge in [-0.05, 0) is 69.4 Å². The van der Waals surface area contributed by atoms with Crippen LogP contribution in [-0.4, -0.2) is 37.5 Å². The summed E-state index contributed by atoms with van der Waals surface area (Å²) in [5, 5.41) is 3.25. The summed E-state index contributed by atoms with van der Waals surface area (Å²) in [7, 11) is 2.01. The van der Waals surface area contributed by atoms with Gasteiger partial charge in [0.05, 0.1) is 0 Å². The van der Waals surface area contributed by atoms with Crippen LogP contribution in [-0.2, 0) is 4.79 Å². The zero-order valence-corrected chi connectivity index (χ0v) is 12.2. The number of fused-ring (bicyclic) bond motifs is 2. The lowest BCUT2D eigenvalue weighted by Crippen LogP contribution is -2.43. The van der Waals surface area contributed by atoms with E-state index in [-0.39, 0.29) is 0 Å². The van der Waals surface area contributed by atoms with Crippen molar-refractivity contribution >= 4 is 5.91 Å². The molecular formula is C16H28N2O. The highest BCUT2D eigenvalue weighted by molar-refractivity contribution is 5.76. The summed E-state index contributed by atoms with van der Waals surface area (Å²) in [5.41, 5.74) is 0. The van der Waals surface area contributed by atoms with E-state index in [1.165, 1.54) is 38.5 Å². The maximum atomic E-state index is 12.5. The van der Waals surface area contributed by atoms with Gasteiger partial charge >= 0.3 is 0 Å². The van der Waals surface area contributed by atoms with Gasteiger partial charge in [-0.25, -0.2) is 0 Å². The Morgan fingerprint density at radius 1 is 1.26 bits per heavy atom. The maximum Gasteiger partial charge on any atom is 0.222 e. The lowest BCUT2D eigenvalue weighted by atomic mass is 9.86. The number of carbonyl (C=O) groups excluding carboxylic acids is 1. The fourth-order valence-electron chi connectivity index (χ4n) is 4.73. The maximum absolute atomic E-state index is 12.5. The molecule has 0 radical (unpaired) electrons. The average molecular weight is 264 g/mol. The van der Waals surface area contributed by atoms with Crippen molar-refractivity contribution < 1.29 is 4.79 Å². The van der Waals surface area contributed by atoms with Crippen molar-refractivity contribution in [3.63, 3.8) is 0 Å². The second kappa shape index (κ2) is 5.82. The number of piperidine rings is 1. The number of likely N-dealkylation sites (tertiary alicyclic amines) is 1. The van der Waals surface area contributed by atoms with Crippen molar-refractivity contribution in [3.05, 3.63) is 0 Å². The third kappa shape index (κ3) is 2.96. The van der Waals surface area contributed by atoms with Crippen LogP contribution < -0.4 is 5.32 Å². The van der Waals surface area contributed by atoms with Crippen molar-refractivity contribution in [3.8, 4) is 0 Å². The van der Waals surface area contributed by atoms with E-state index in [1.54, 1.807) is 0 Å². The van der Waals surface area contributed by atoms with E-state index in [4.69, 9.17) is 0 Å². The predicted molar refractivity (Wildman–Crippen MR) is 76.8 cm³/mol. The monoisotopic (exact) mass is 264 g/mol. The van der Waals surface area contributed by atoms with Crippen LogP contribution in [0, 0.1) is 23.7 Å². The van der Waals surface area contributed by atoms with Crippen LogP contribution in [0.3, 0.4) is 0 Å². The molecule has 4 unspecified atom stereocenters. The number of hydrogen-bond donors (Lipinski definition) is 1. The highest BCUT2D eigenvalue weighted by Gasteiger charge is 2.40. The Morgan fingerprint density at radius 3 is 2.84 bits per heavy atom. The zero-order chi connectivity index (χ0) is 13.2. The predicted octanol–water partition coefficient (Wildman–Crippen LogP) is 2.27. The first-order chi connectivity index (χ1) is 9.26. The average Bonchev–Trinajstić information content (AvgIpc) is 3.02. The molecule has 0 aromatic rings. The molecular weight excluding hydrogens is 236 g/mol. The summed E-state index contributed by atoms with van der Waals surface area (Å²) in [6.07, 6.45) is 8.89. The van der Waals surface area contributed by atoms with Gasteiger partial charge < -0.3 is 10.2 Å². The van der Waals surface area contributed by atoms with Crippen LogP contribution in [0.2, 0.25) is 0 Å².